The Balaban J connectivity index is 0.644. The van der Waals surface area contributed by atoms with Crippen LogP contribution in [0.3, 0.4) is 0 Å². The third-order valence-corrected chi connectivity index (χ3v) is 26.3. The van der Waals surface area contributed by atoms with E-state index in [0.717, 1.165) is 61.7 Å². The third-order valence-electron chi connectivity index (χ3n) is 22.4. The van der Waals surface area contributed by atoms with Gasteiger partial charge in [-0.1, -0.05) is 108 Å². The minimum Gasteiger partial charge on any atom is -0.318 e. The molecular formula is C72H64BrN6S2+. The average molecular weight is 1160 g/mol. The van der Waals surface area contributed by atoms with E-state index in [1.165, 1.54) is 188 Å². The molecule has 12 unspecified atom stereocenters. The number of piperazine rings is 1. The highest BCUT2D eigenvalue weighted by molar-refractivity contribution is 9.10. The number of allylic oxidation sites excluding steroid dienone is 4. The summed E-state index contributed by atoms with van der Waals surface area (Å²) in [5.41, 5.74) is 18.0. The second kappa shape index (κ2) is 17.2. The van der Waals surface area contributed by atoms with Crippen LogP contribution in [-0.2, 0) is 0 Å². The van der Waals surface area contributed by atoms with Gasteiger partial charge in [-0.05, 0) is 147 Å². The highest BCUT2D eigenvalue weighted by atomic mass is 79.9. The van der Waals surface area contributed by atoms with Gasteiger partial charge < -0.3 is 13.4 Å². The average Bonchev–Trinajstić information content (AvgIpc) is 4.37. The molecule has 3 saturated heterocycles. The molecule has 9 heteroatoms. The molecule has 8 heterocycles. The van der Waals surface area contributed by atoms with Crippen LogP contribution in [0.15, 0.2) is 162 Å². The first-order valence-corrected chi connectivity index (χ1v) is 33.6. The van der Waals surface area contributed by atoms with Crippen LogP contribution in [0, 0.1) is 0 Å². The highest BCUT2D eigenvalue weighted by Gasteiger charge is 2.63. The Morgan fingerprint density at radius 2 is 1.07 bits per heavy atom. The number of nitrogens with zero attached hydrogens (tertiary/aromatic N) is 6. The number of thioether (sulfide) groups is 2. The Kier molecular flexibility index (Phi) is 9.88. The number of para-hydroxylation sites is 3. The summed E-state index contributed by atoms with van der Waals surface area (Å²) in [6.45, 7) is 0. The fourth-order valence-corrected chi connectivity index (χ4v) is 23.8. The van der Waals surface area contributed by atoms with E-state index in [9.17, 15) is 0 Å². The lowest BCUT2D eigenvalue weighted by Gasteiger charge is -2.70. The van der Waals surface area contributed by atoms with E-state index in [1.807, 2.05) is 0 Å². The van der Waals surface area contributed by atoms with Gasteiger partial charge in [-0.15, -0.1) is 0 Å². The normalized spacial score (nSPS) is 30.8. The van der Waals surface area contributed by atoms with E-state index in [4.69, 9.17) is 0 Å². The minimum atomic E-state index is 0.0990. The van der Waals surface area contributed by atoms with Gasteiger partial charge >= 0.3 is 0 Å². The molecule has 7 aromatic carbocycles. The zero-order valence-corrected chi connectivity index (χ0v) is 48.7. The minimum absolute atomic E-state index is 0.0990. The van der Waals surface area contributed by atoms with Crippen molar-refractivity contribution in [2.45, 2.75) is 153 Å². The summed E-state index contributed by atoms with van der Waals surface area (Å²) in [5, 5.41) is 11.3. The molecule has 0 bridgehead atoms. The molecule has 5 aliphatic carbocycles. The van der Waals surface area contributed by atoms with Crippen molar-refractivity contribution < 1.29 is 0 Å². The predicted octanol–water partition coefficient (Wildman–Crippen LogP) is 17.7. The van der Waals surface area contributed by atoms with E-state index in [-0.39, 0.29) is 6.04 Å². The van der Waals surface area contributed by atoms with E-state index in [1.54, 1.807) is 5.56 Å². The number of rotatable bonds is 3. The Bertz CT molecular complexity index is 4620. The molecule has 0 amide bonds. The first kappa shape index (κ1) is 46.6. The summed E-state index contributed by atoms with van der Waals surface area (Å²) < 4.78 is 11.3. The molecule has 0 radical (unpaired) electrons. The van der Waals surface area contributed by atoms with Crippen molar-refractivity contribution >= 4 is 133 Å². The Labute approximate surface area is 489 Å². The first-order chi connectivity index (χ1) is 40.1. The van der Waals surface area contributed by atoms with E-state index >= 15 is 0 Å². The summed E-state index contributed by atoms with van der Waals surface area (Å²) in [5.74, 6) is 0.611. The maximum Gasteiger partial charge on any atom is 0.235 e. The molecule has 11 aromatic rings. The molecule has 4 aromatic heterocycles. The molecule has 12 atom stereocenters. The van der Waals surface area contributed by atoms with Crippen LogP contribution < -0.4 is 4.58 Å². The summed E-state index contributed by atoms with van der Waals surface area (Å²) in [6.07, 6.45) is 27.6. The van der Waals surface area contributed by atoms with E-state index in [0.29, 0.717) is 5.92 Å². The second-order valence-electron chi connectivity index (χ2n) is 26.0. The molecule has 81 heavy (non-hydrogen) atoms. The van der Waals surface area contributed by atoms with Crippen molar-refractivity contribution in [2.75, 3.05) is 0 Å². The van der Waals surface area contributed by atoms with E-state index < -0.39 is 0 Å². The molecule has 0 spiro atoms. The fourth-order valence-electron chi connectivity index (χ4n) is 19.4. The number of halogens is 1. The smallest absolute Gasteiger partial charge is 0.235 e. The molecule has 4 aliphatic heterocycles. The van der Waals surface area contributed by atoms with Gasteiger partial charge in [0.1, 0.15) is 11.6 Å². The van der Waals surface area contributed by atoms with Gasteiger partial charge in [-0.25, -0.2) is 0 Å². The monoisotopic (exact) mass is 1160 g/mol. The quantitative estimate of drug-likeness (QED) is 0.130. The third kappa shape index (κ3) is 6.28. The summed E-state index contributed by atoms with van der Waals surface area (Å²) in [7, 11) is 0. The second-order valence-corrected chi connectivity index (χ2v) is 29.8. The van der Waals surface area contributed by atoms with Gasteiger partial charge in [-0.3, -0.25) is 9.80 Å². The van der Waals surface area contributed by atoms with Crippen LogP contribution in [0.5, 0.6) is 0 Å². The van der Waals surface area contributed by atoms with Crippen LogP contribution in [0.4, 0.5) is 11.4 Å². The number of fused-ring (bicyclic) bond motifs is 19. The fraction of sp³-hybridized carbons (Fsp3) is 0.347. The first-order valence-electron chi connectivity index (χ1n) is 30.9. The molecule has 4 saturated carbocycles. The van der Waals surface area contributed by atoms with E-state index in [2.05, 4.69) is 225 Å². The van der Waals surface area contributed by atoms with Crippen molar-refractivity contribution in [3.05, 3.63) is 168 Å². The van der Waals surface area contributed by atoms with Crippen LogP contribution >= 0.6 is 39.5 Å². The van der Waals surface area contributed by atoms with Crippen LogP contribution in [0.25, 0.3) is 87.6 Å². The van der Waals surface area contributed by atoms with Gasteiger partial charge in [0.2, 0.25) is 17.1 Å². The summed E-state index contributed by atoms with van der Waals surface area (Å²) in [4.78, 5) is 6.62. The lowest BCUT2D eigenvalue weighted by molar-refractivity contribution is -0.137. The maximum absolute atomic E-state index is 3.77. The predicted molar refractivity (Wildman–Crippen MR) is 345 cm³/mol. The Morgan fingerprint density at radius 1 is 0.457 bits per heavy atom. The summed E-state index contributed by atoms with van der Waals surface area (Å²) >= 11 is 8.74. The molecular weight excluding hydrogens is 1090 g/mol. The highest BCUT2D eigenvalue weighted by Crippen LogP contribution is 2.59. The molecule has 7 fully saturated rings. The largest absolute Gasteiger partial charge is 0.318 e. The maximum atomic E-state index is 3.77. The zero-order valence-electron chi connectivity index (χ0n) is 45.5. The van der Waals surface area contributed by atoms with Gasteiger partial charge in [0, 0.05) is 118 Å². The molecule has 6 nitrogen and oxygen atoms in total. The van der Waals surface area contributed by atoms with Crippen LogP contribution in [-0.4, -0.2) is 86.1 Å². The van der Waals surface area contributed by atoms with Crippen LogP contribution in [0.2, 0.25) is 0 Å². The number of benzene rings is 7. The molecule has 20 rings (SSSR count). The van der Waals surface area contributed by atoms with Crippen molar-refractivity contribution in [3.63, 3.8) is 0 Å². The molecule has 9 aliphatic rings. The zero-order chi connectivity index (χ0) is 52.5. The van der Waals surface area contributed by atoms with Gasteiger partial charge in [-0.2, -0.15) is 28.1 Å². The SMILES string of the molecule is Brc1ccc2c(c1)c1cccc3c1n2C1C=CC=CC1=[N+]3c1ccc(-c2ccc3c(c2)c2cccc4c2n3c2cccc3c5cc(C6CCC7C(C6)SC6CCCC8C6N7C6CCCC7SC9CCCCC9N8C76)ccc5n4c32)cc1. The van der Waals surface area contributed by atoms with Gasteiger partial charge in [0.15, 0.2) is 0 Å². The lowest BCUT2D eigenvalue weighted by atomic mass is 9.71. The van der Waals surface area contributed by atoms with Crippen LogP contribution in [0.1, 0.15) is 101 Å². The molecule has 400 valence electrons. The summed E-state index contributed by atoms with van der Waals surface area (Å²) in [6, 6.07) is 56.7. The number of hydrogen-bond acceptors (Lipinski definition) is 4. The van der Waals surface area contributed by atoms with Gasteiger partial charge in [0.05, 0.1) is 38.6 Å². The Hall–Kier alpha value is -5.81. The van der Waals surface area contributed by atoms with Crippen molar-refractivity contribution in [2.24, 2.45) is 0 Å². The standard InChI is InChI=1S/C72H64BrN6S2/c73-44-29-35-54-51(39-44)48-12-5-16-59-68(48)75(54)56-14-2-1-13-55(56)74(59)45-30-24-40(25-31-45)41-26-32-52-49(36-41)46-10-6-17-60-69(46)76(52)61-18-7-11-47-50-37-42(27-33-53(50)77(60)70(47)61)43-28-34-58-67(38-43)81-66-23-9-19-62-72(66)79(58)63-20-8-22-65-71(63)78(62)57-15-3-4-21-64(57)80-65/h1-2,5-7,10-14,16-18,24-27,29-33,35-37,39,43,56-58,62-67,71-72H,3-4,8-9,15,19-23,28,34,38H2/q+1. The van der Waals surface area contributed by atoms with Crippen molar-refractivity contribution in [1.29, 1.82) is 0 Å². The lowest BCUT2D eigenvalue weighted by Crippen LogP contribution is -2.81. The number of aromatic nitrogens is 3. The topological polar surface area (TPSA) is 23.2 Å². The molecule has 0 N–H and O–H groups in total. The van der Waals surface area contributed by atoms with Crippen molar-refractivity contribution in [3.8, 4) is 11.1 Å². The number of hydrogen-bond donors (Lipinski definition) is 0. The Morgan fingerprint density at radius 3 is 1.84 bits per heavy atom. The van der Waals surface area contributed by atoms with Gasteiger partial charge in [0.25, 0.3) is 0 Å². The van der Waals surface area contributed by atoms with Crippen molar-refractivity contribution in [1.82, 2.24) is 27.7 Å².